The number of hydrogen-bond acceptors (Lipinski definition) is 5. The van der Waals surface area contributed by atoms with Crippen LogP contribution in [-0.4, -0.2) is 26.3 Å². The van der Waals surface area contributed by atoms with Gasteiger partial charge in [0.05, 0.1) is 5.75 Å². The van der Waals surface area contributed by atoms with Crippen LogP contribution >= 0.6 is 27.7 Å². The second-order valence-corrected chi connectivity index (χ2v) is 8.19. The van der Waals surface area contributed by atoms with Crippen molar-refractivity contribution in [2.45, 2.75) is 39.0 Å². The molecule has 0 N–H and O–H groups in total. The molecule has 0 aliphatic heterocycles. The maximum absolute atomic E-state index is 12.6. The van der Waals surface area contributed by atoms with Crippen LogP contribution in [0.4, 0.5) is 0 Å². The monoisotopic (exact) mass is 433 g/mol. The van der Waals surface area contributed by atoms with E-state index in [0.29, 0.717) is 17.2 Å². The van der Waals surface area contributed by atoms with E-state index < -0.39 is 0 Å². The molecule has 136 valence electrons. The molecule has 2 heterocycles. The molecule has 0 aliphatic rings. The molecule has 0 bridgehead atoms. The third-order valence-corrected chi connectivity index (χ3v) is 5.42. The van der Waals surface area contributed by atoms with E-state index in [1.807, 2.05) is 44.2 Å². The van der Waals surface area contributed by atoms with Gasteiger partial charge in [-0.3, -0.25) is 4.79 Å². The predicted octanol–water partition coefficient (Wildman–Crippen LogP) is 5.47. The molecule has 2 aromatic heterocycles. The Kier molecular flexibility index (Phi) is 5.67. The summed E-state index contributed by atoms with van der Waals surface area (Å²) in [5.41, 5.74) is 3.70. The summed E-state index contributed by atoms with van der Waals surface area (Å²) in [6, 6.07) is 9.94. The number of halogens is 1. The minimum absolute atomic E-state index is 0.0669. The van der Waals surface area contributed by atoms with Crippen LogP contribution in [0, 0.1) is 13.8 Å². The fourth-order valence-electron chi connectivity index (χ4n) is 3.07. The van der Waals surface area contributed by atoms with Crippen LogP contribution in [0.25, 0.3) is 11.5 Å². The van der Waals surface area contributed by atoms with Crippen LogP contribution < -0.4 is 0 Å². The second kappa shape index (κ2) is 7.80. The van der Waals surface area contributed by atoms with Gasteiger partial charge in [0, 0.05) is 33.0 Å². The van der Waals surface area contributed by atoms with Crippen LogP contribution in [-0.2, 0) is 0 Å². The zero-order valence-electron chi connectivity index (χ0n) is 15.1. The van der Waals surface area contributed by atoms with Gasteiger partial charge in [-0.15, -0.1) is 10.2 Å². The summed E-state index contributed by atoms with van der Waals surface area (Å²) in [7, 11) is 0. The molecule has 1 aromatic carbocycles. The fraction of sp³-hybridized carbons (Fsp3) is 0.316. The predicted molar refractivity (Wildman–Crippen MR) is 107 cm³/mol. The van der Waals surface area contributed by atoms with Gasteiger partial charge in [-0.2, -0.15) is 0 Å². The highest BCUT2D eigenvalue weighted by atomic mass is 79.9. The van der Waals surface area contributed by atoms with Crippen molar-refractivity contribution in [2.24, 2.45) is 0 Å². The molecule has 0 unspecified atom stereocenters. The highest BCUT2D eigenvalue weighted by Gasteiger charge is 2.18. The van der Waals surface area contributed by atoms with Gasteiger partial charge in [0.15, 0.2) is 5.78 Å². The van der Waals surface area contributed by atoms with Gasteiger partial charge in [-0.1, -0.05) is 33.8 Å². The Labute approximate surface area is 165 Å². The van der Waals surface area contributed by atoms with Crippen molar-refractivity contribution in [3.63, 3.8) is 0 Å². The van der Waals surface area contributed by atoms with Crippen LogP contribution in [0.2, 0.25) is 0 Å². The van der Waals surface area contributed by atoms with Crippen LogP contribution in [0.1, 0.15) is 41.6 Å². The first-order valence-corrected chi connectivity index (χ1v) is 10.1. The number of Topliss-reactive ketones (excluding diaryl/α,β-unsaturated/α-hetero) is 1. The van der Waals surface area contributed by atoms with Crippen molar-refractivity contribution in [3.8, 4) is 11.5 Å². The maximum Gasteiger partial charge on any atom is 0.277 e. The molecule has 0 spiro atoms. The van der Waals surface area contributed by atoms with Crippen molar-refractivity contribution in [2.75, 3.05) is 5.75 Å². The SMILES string of the molecule is Cc1cc(C(=O)CSc2nnc(-c3cccc(Br)c3)o2)c(C)n1C(C)C. The van der Waals surface area contributed by atoms with Crippen molar-refractivity contribution in [1.29, 1.82) is 0 Å². The summed E-state index contributed by atoms with van der Waals surface area (Å²) in [4.78, 5) is 12.6. The number of rotatable bonds is 6. The maximum atomic E-state index is 12.6. The lowest BCUT2D eigenvalue weighted by Crippen LogP contribution is -2.08. The topological polar surface area (TPSA) is 60.9 Å². The largest absolute Gasteiger partial charge is 0.411 e. The van der Waals surface area contributed by atoms with Gasteiger partial charge in [0.1, 0.15) is 0 Å². The molecule has 7 heteroatoms. The molecular weight excluding hydrogens is 414 g/mol. The first-order chi connectivity index (χ1) is 12.4. The average Bonchev–Trinajstić information content (AvgIpc) is 3.17. The molecular formula is C19H20BrN3O2S. The van der Waals surface area contributed by atoms with Crippen LogP contribution in [0.15, 0.2) is 44.4 Å². The minimum atomic E-state index is 0.0669. The Morgan fingerprint density at radius 2 is 2.04 bits per heavy atom. The van der Waals surface area contributed by atoms with Gasteiger partial charge < -0.3 is 8.98 Å². The van der Waals surface area contributed by atoms with Crippen molar-refractivity contribution >= 4 is 33.5 Å². The van der Waals surface area contributed by atoms with Gasteiger partial charge in [-0.25, -0.2) is 0 Å². The molecule has 0 aliphatic carbocycles. The lowest BCUT2D eigenvalue weighted by atomic mass is 10.2. The Hall–Kier alpha value is -1.86. The molecule has 0 saturated carbocycles. The smallest absolute Gasteiger partial charge is 0.277 e. The van der Waals surface area contributed by atoms with E-state index in [1.54, 1.807) is 0 Å². The van der Waals surface area contributed by atoms with Crippen molar-refractivity contribution in [1.82, 2.24) is 14.8 Å². The summed E-state index contributed by atoms with van der Waals surface area (Å²) < 4.78 is 8.79. The Balaban J connectivity index is 1.70. The number of aryl methyl sites for hydroxylation is 1. The Bertz CT molecular complexity index is 946. The molecule has 3 rings (SSSR count). The molecule has 0 amide bonds. The molecule has 5 nitrogen and oxygen atoms in total. The number of aromatic nitrogens is 3. The highest BCUT2D eigenvalue weighted by Crippen LogP contribution is 2.27. The van der Waals surface area contributed by atoms with E-state index >= 15 is 0 Å². The first kappa shape index (κ1) is 18.9. The van der Waals surface area contributed by atoms with E-state index in [2.05, 4.69) is 44.5 Å². The normalized spacial score (nSPS) is 11.3. The number of benzene rings is 1. The van der Waals surface area contributed by atoms with E-state index in [4.69, 9.17) is 4.42 Å². The number of ketones is 1. The van der Waals surface area contributed by atoms with Crippen LogP contribution in [0.5, 0.6) is 0 Å². The van der Waals surface area contributed by atoms with Crippen LogP contribution in [0.3, 0.4) is 0 Å². The third-order valence-electron chi connectivity index (χ3n) is 4.11. The summed E-state index contributed by atoms with van der Waals surface area (Å²) in [5.74, 6) is 0.777. The number of thioether (sulfide) groups is 1. The van der Waals surface area contributed by atoms with Gasteiger partial charge in [0.2, 0.25) is 5.89 Å². The fourth-order valence-corrected chi connectivity index (χ4v) is 4.11. The summed E-state index contributed by atoms with van der Waals surface area (Å²) in [6.45, 7) is 8.25. The van der Waals surface area contributed by atoms with E-state index in [0.717, 1.165) is 27.0 Å². The zero-order chi connectivity index (χ0) is 18.8. The minimum Gasteiger partial charge on any atom is -0.411 e. The molecule has 0 saturated heterocycles. The van der Waals surface area contributed by atoms with Gasteiger partial charge in [-0.05, 0) is 52.0 Å². The summed E-state index contributed by atoms with van der Waals surface area (Å²) in [5, 5.41) is 8.49. The molecule has 26 heavy (non-hydrogen) atoms. The highest BCUT2D eigenvalue weighted by molar-refractivity contribution is 9.10. The Morgan fingerprint density at radius 1 is 1.27 bits per heavy atom. The van der Waals surface area contributed by atoms with Gasteiger partial charge in [0.25, 0.3) is 5.22 Å². The Morgan fingerprint density at radius 3 is 2.69 bits per heavy atom. The number of nitrogens with zero attached hydrogens (tertiary/aromatic N) is 3. The van der Waals surface area contributed by atoms with Gasteiger partial charge >= 0.3 is 0 Å². The standard InChI is InChI=1S/C19H20BrN3O2S/c1-11(2)23-12(3)8-16(13(23)4)17(24)10-26-19-22-21-18(25-19)14-6-5-7-15(20)9-14/h5-9,11H,10H2,1-4H3. The summed E-state index contributed by atoms with van der Waals surface area (Å²) >= 11 is 4.69. The number of carbonyl (C=O) groups excluding carboxylic acids is 1. The third kappa shape index (κ3) is 3.94. The molecule has 0 radical (unpaired) electrons. The van der Waals surface area contributed by atoms with Crippen molar-refractivity contribution in [3.05, 3.63) is 51.8 Å². The number of carbonyl (C=O) groups is 1. The van der Waals surface area contributed by atoms with Crippen molar-refractivity contribution < 1.29 is 9.21 Å². The molecule has 0 atom stereocenters. The average molecular weight is 434 g/mol. The second-order valence-electron chi connectivity index (χ2n) is 6.34. The van der Waals surface area contributed by atoms with E-state index in [9.17, 15) is 4.79 Å². The quantitative estimate of drug-likeness (QED) is 0.380. The lowest BCUT2D eigenvalue weighted by molar-refractivity contribution is 0.102. The lowest BCUT2D eigenvalue weighted by Gasteiger charge is -2.13. The van der Waals surface area contributed by atoms with E-state index in [1.165, 1.54) is 11.8 Å². The number of hydrogen-bond donors (Lipinski definition) is 0. The first-order valence-electron chi connectivity index (χ1n) is 8.30. The molecule has 0 fully saturated rings. The molecule has 3 aromatic rings. The zero-order valence-corrected chi connectivity index (χ0v) is 17.5. The van der Waals surface area contributed by atoms with E-state index in [-0.39, 0.29) is 11.5 Å². The summed E-state index contributed by atoms with van der Waals surface area (Å²) in [6.07, 6.45) is 0.